The molecule has 7 rings (SSSR count). The number of fused-ring (bicyclic) bond motifs is 5. The summed E-state index contributed by atoms with van der Waals surface area (Å²) in [6, 6.07) is 0. The van der Waals surface area contributed by atoms with E-state index in [1.54, 1.807) is 21.0 Å². The van der Waals surface area contributed by atoms with Gasteiger partial charge in [0, 0.05) is 33.5 Å². The molecular formula is C43H70O19S. The zero-order valence-electron chi connectivity index (χ0n) is 37.5. The Kier molecular flexibility index (Phi) is 15.1. The van der Waals surface area contributed by atoms with Gasteiger partial charge in [0.1, 0.15) is 42.7 Å². The van der Waals surface area contributed by atoms with Gasteiger partial charge in [0.15, 0.2) is 25.0 Å². The summed E-state index contributed by atoms with van der Waals surface area (Å²) in [5, 5.41) is 54.0. The molecule has 0 bridgehead atoms. The molecule has 0 spiro atoms. The van der Waals surface area contributed by atoms with Crippen LogP contribution in [0.5, 0.6) is 0 Å². The lowest BCUT2D eigenvalue weighted by Crippen LogP contribution is -2.62. The van der Waals surface area contributed by atoms with Crippen LogP contribution in [0.4, 0.5) is 0 Å². The van der Waals surface area contributed by atoms with Gasteiger partial charge in [-0.05, 0) is 94.3 Å². The number of carbonyl (C=O) groups is 1. The second-order valence-electron chi connectivity index (χ2n) is 19.6. The number of hydrogen-bond acceptors (Lipinski definition) is 18. The molecule has 1 unspecified atom stereocenters. The minimum atomic E-state index is -4.87. The Morgan fingerprint density at radius 1 is 0.841 bits per heavy atom. The first-order valence-electron chi connectivity index (χ1n) is 22.5. The molecule has 3 saturated heterocycles. The lowest BCUT2D eigenvalue weighted by molar-refractivity contribution is -0.343. The predicted octanol–water partition coefficient (Wildman–Crippen LogP) is 1.54. The largest absolute Gasteiger partial charge is 0.454 e. The van der Waals surface area contributed by atoms with Crippen LogP contribution in [-0.2, 0) is 62.0 Å². The number of aliphatic hydroxyl groups is 5. The Balaban J connectivity index is 0.998. The quantitative estimate of drug-likeness (QED) is 0.0869. The highest BCUT2D eigenvalue weighted by Crippen LogP contribution is 2.67. The van der Waals surface area contributed by atoms with Crippen LogP contribution in [0.1, 0.15) is 92.9 Å². The van der Waals surface area contributed by atoms with Crippen LogP contribution in [0.2, 0.25) is 0 Å². The standard InChI is InChI=1S/C43H70O19S/c1-19(44)32-28(60-40-36(49)35(48)34(47)30(61-40)18-55-63(50,51)52)16-27-25-10-9-23-15-24(11-13-42(23,5)26(25)12-14-43(27,32)6)59-31-17-29(53-7)37(21(3)56-31)62-41-39(58-22(4)45)38(54-8)33(46)20(2)57-41/h9,19-21,24-41,44,46-49H,10-18H2,1-8H3,(H,50,51,52)/t19?,20-,21-,24+,25-,26+,27+,28-,29+,30-,31+,32+,33+,34-,35+,36-,37-,38+,39-,40-,41+,42+,43+/m1/s1. The van der Waals surface area contributed by atoms with E-state index >= 15 is 0 Å². The topological polar surface area (TPSA) is 265 Å². The second kappa shape index (κ2) is 19.3. The first kappa shape index (κ1) is 49.5. The Morgan fingerprint density at radius 3 is 2.22 bits per heavy atom. The highest BCUT2D eigenvalue weighted by molar-refractivity contribution is 7.80. The lowest BCUT2D eigenvalue weighted by Gasteiger charge is -2.58. The number of hydrogen-bond donors (Lipinski definition) is 6. The zero-order valence-corrected chi connectivity index (χ0v) is 38.3. The summed E-state index contributed by atoms with van der Waals surface area (Å²) >= 11 is 0. The van der Waals surface area contributed by atoms with Gasteiger partial charge in [0.05, 0.1) is 43.2 Å². The average Bonchev–Trinajstić information content (AvgIpc) is 3.52. The number of allylic oxidation sites excluding steroid dienone is 1. The van der Waals surface area contributed by atoms with Gasteiger partial charge in [-0.1, -0.05) is 25.5 Å². The van der Waals surface area contributed by atoms with Crippen LogP contribution >= 0.6 is 0 Å². The molecule has 3 heterocycles. The third kappa shape index (κ3) is 9.80. The first-order chi connectivity index (χ1) is 29.6. The molecule has 6 fully saturated rings. The van der Waals surface area contributed by atoms with Crippen LogP contribution in [0.15, 0.2) is 11.6 Å². The minimum absolute atomic E-state index is 0.0788. The van der Waals surface area contributed by atoms with E-state index in [-0.39, 0.29) is 34.7 Å². The Bertz CT molecular complexity index is 1730. The maximum absolute atomic E-state index is 12.0. The van der Waals surface area contributed by atoms with Gasteiger partial charge in [-0.25, -0.2) is 4.18 Å². The predicted molar refractivity (Wildman–Crippen MR) is 217 cm³/mol. The Morgan fingerprint density at radius 2 is 1.57 bits per heavy atom. The van der Waals surface area contributed by atoms with E-state index in [0.717, 1.165) is 38.5 Å². The van der Waals surface area contributed by atoms with Crippen molar-refractivity contribution >= 4 is 16.4 Å². The monoisotopic (exact) mass is 922 g/mol. The second-order valence-corrected chi connectivity index (χ2v) is 20.7. The summed E-state index contributed by atoms with van der Waals surface area (Å²) < 4.78 is 90.7. The molecule has 0 radical (unpaired) electrons. The maximum atomic E-state index is 12.0. The summed E-state index contributed by atoms with van der Waals surface area (Å²) in [5.41, 5.74) is 0.969. The van der Waals surface area contributed by atoms with Gasteiger partial charge in [0.2, 0.25) is 0 Å². The summed E-state index contributed by atoms with van der Waals surface area (Å²) in [6.07, 6.45) is -7.80. The van der Waals surface area contributed by atoms with Crippen molar-refractivity contribution in [3.05, 3.63) is 11.6 Å². The molecule has 0 aromatic heterocycles. The van der Waals surface area contributed by atoms with Crippen molar-refractivity contribution in [3.63, 3.8) is 0 Å². The van der Waals surface area contributed by atoms with Crippen molar-refractivity contribution in [2.24, 2.45) is 34.5 Å². The average molecular weight is 923 g/mol. The number of esters is 1. The molecule has 20 heteroatoms. The number of methoxy groups -OCH3 is 2. The highest BCUT2D eigenvalue weighted by atomic mass is 32.3. The van der Waals surface area contributed by atoms with Crippen molar-refractivity contribution in [1.82, 2.24) is 0 Å². The van der Waals surface area contributed by atoms with Crippen LogP contribution in [-0.4, -0.2) is 170 Å². The summed E-state index contributed by atoms with van der Waals surface area (Å²) in [6.45, 7) is 10.3. The lowest BCUT2D eigenvalue weighted by atomic mass is 9.47. The third-order valence-corrected chi connectivity index (χ3v) is 16.3. The maximum Gasteiger partial charge on any atom is 0.397 e. The van der Waals surface area contributed by atoms with Crippen molar-refractivity contribution in [3.8, 4) is 0 Å². The molecule has 4 aliphatic carbocycles. The van der Waals surface area contributed by atoms with Gasteiger partial charge in [-0.3, -0.25) is 9.35 Å². The summed E-state index contributed by atoms with van der Waals surface area (Å²) in [4.78, 5) is 12.0. The summed E-state index contributed by atoms with van der Waals surface area (Å²) in [5.74, 6) is -0.117. The van der Waals surface area contributed by atoms with Crippen molar-refractivity contribution < 1.29 is 90.1 Å². The van der Waals surface area contributed by atoms with Gasteiger partial charge in [0.25, 0.3) is 0 Å². The van der Waals surface area contributed by atoms with E-state index in [2.05, 4.69) is 24.1 Å². The molecule has 23 atom stereocenters. The fourth-order valence-electron chi connectivity index (χ4n) is 12.8. The van der Waals surface area contributed by atoms with Crippen molar-refractivity contribution in [1.29, 1.82) is 0 Å². The Labute approximate surface area is 369 Å². The molecule has 19 nitrogen and oxygen atoms in total. The molecule has 0 aromatic carbocycles. The molecular weight excluding hydrogens is 853 g/mol. The normalized spacial score (nSPS) is 49.5. The molecule has 0 amide bonds. The minimum Gasteiger partial charge on any atom is -0.454 e. The van der Waals surface area contributed by atoms with E-state index in [9.17, 15) is 38.7 Å². The third-order valence-electron chi connectivity index (χ3n) is 15.9. The summed E-state index contributed by atoms with van der Waals surface area (Å²) in [7, 11) is -1.84. The van der Waals surface area contributed by atoms with Gasteiger partial charge in [-0.2, -0.15) is 8.42 Å². The fraction of sp³-hybridized carbons (Fsp3) is 0.930. The highest BCUT2D eigenvalue weighted by Gasteiger charge is 2.63. The van der Waals surface area contributed by atoms with E-state index in [0.29, 0.717) is 18.8 Å². The molecule has 63 heavy (non-hydrogen) atoms. The van der Waals surface area contributed by atoms with Crippen LogP contribution in [0, 0.1) is 34.5 Å². The fourth-order valence-corrected chi connectivity index (χ4v) is 13.1. The number of rotatable bonds is 13. The van der Waals surface area contributed by atoms with Gasteiger partial charge in [-0.15, -0.1) is 0 Å². The molecule has 362 valence electrons. The van der Waals surface area contributed by atoms with Crippen molar-refractivity contribution in [2.45, 2.75) is 197 Å². The zero-order chi connectivity index (χ0) is 45.9. The van der Waals surface area contributed by atoms with Gasteiger partial charge >= 0.3 is 16.4 Å². The number of aliphatic hydroxyl groups excluding tert-OH is 5. The van der Waals surface area contributed by atoms with E-state index in [4.69, 9.17) is 47.2 Å². The SMILES string of the molecule is CO[C@H]1[C@@H](O)[C@@H](C)O[C@@H](O[C@H]2[C@@H](OC)C[C@H](O[C@H]3CC[C@@]4(C)C(=CC[C@H]5[C@@H]6C[C@@H](O[C@@H]7O[C@H](COS(=O)(=O)O)[C@@H](O)[C@H](O)[C@H]7O)[C@H](C(C)O)[C@@]6(C)CC[C@@H]54)C3)O[C@@H]2C)[C@@H]1OC(C)=O. The van der Waals surface area contributed by atoms with Crippen LogP contribution in [0.25, 0.3) is 0 Å². The number of ether oxygens (including phenoxy) is 9. The van der Waals surface area contributed by atoms with Gasteiger partial charge < -0.3 is 68.2 Å². The van der Waals surface area contributed by atoms with Crippen molar-refractivity contribution in [2.75, 3.05) is 20.8 Å². The molecule has 0 aromatic rings. The molecule has 6 N–H and O–H groups in total. The first-order valence-corrected chi connectivity index (χ1v) is 23.8. The number of carbonyl (C=O) groups excluding carboxylic acids is 1. The molecule has 3 saturated carbocycles. The molecule has 3 aliphatic heterocycles. The van der Waals surface area contributed by atoms with E-state index < -0.39 is 121 Å². The molecule has 7 aliphatic rings. The van der Waals surface area contributed by atoms with Crippen LogP contribution < -0.4 is 0 Å². The Hall–Kier alpha value is -1.44. The smallest absolute Gasteiger partial charge is 0.397 e. The van der Waals surface area contributed by atoms with E-state index in [1.807, 2.05) is 6.92 Å². The van der Waals surface area contributed by atoms with Crippen LogP contribution in [0.3, 0.4) is 0 Å². The van der Waals surface area contributed by atoms with E-state index in [1.165, 1.54) is 19.6 Å².